The number of hydrogen-bond donors (Lipinski definition) is 0. The van der Waals surface area contributed by atoms with Crippen LogP contribution in [-0.4, -0.2) is 9.55 Å². The van der Waals surface area contributed by atoms with Crippen LogP contribution in [0.25, 0.3) is 28.0 Å². The Morgan fingerprint density at radius 2 is 1.56 bits per heavy atom. The third-order valence-corrected chi connectivity index (χ3v) is 4.49. The molecule has 0 fully saturated rings. The molecule has 1 heterocycles. The average Bonchev–Trinajstić information content (AvgIpc) is 2.63. The number of hydrogen-bond acceptors (Lipinski definition) is 2. The van der Waals surface area contributed by atoms with Crippen molar-refractivity contribution in [3.63, 3.8) is 0 Å². The largest absolute Gasteiger partial charge is 0.268 e. The monoisotopic (exact) mass is 394 g/mol. The highest BCUT2D eigenvalue weighted by atomic mass is 79.9. The molecule has 0 bridgehead atoms. The summed E-state index contributed by atoms with van der Waals surface area (Å²) in [5.74, 6) is 0.146. The van der Waals surface area contributed by atoms with E-state index in [-0.39, 0.29) is 11.4 Å². The van der Waals surface area contributed by atoms with E-state index in [2.05, 4.69) is 20.9 Å². The molecular formula is C20H12BrFN2O. The number of halogens is 2. The SMILES string of the molecule is O=c1c2ccccc2nc(-c2ccc(F)cc2)n1-c1ccc(Br)cc1. The van der Waals surface area contributed by atoms with Gasteiger partial charge in [-0.25, -0.2) is 9.37 Å². The summed E-state index contributed by atoms with van der Waals surface area (Å²) in [6.45, 7) is 0. The minimum absolute atomic E-state index is 0.160. The summed E-state index contributed by atoms with van der Waals surface area (Å²) in [5.41, 5.74) is 1.82. The first kappa shape index (κ1) is 15.7. The summed E-state index contributed by atoms with van der Waals surface area (Å²) in [4.78, 5) is 17.8. The Hall–Kier alpha value is -2.79. The summed E-state index contributed by atoms with van der Waals surface area (Å²) in [6.07, 6.45) is 0. The zero-order valence-corrected chi connectivity index (χ0v) is 14.6. The highest BCUT2D eigenvalue weighted by Crippen LogP contribution is 2.23. The van der Waals surface area contributed by atoms with Crippen LogP contribution in [-0.2, 0) is 0 Å². The third kappa shape index (κ3) is 2.87. The predicted molar refractivity (Wildman–Crippen MR) is 100 cm³/mol. The van der Waals surface area contributed by atoms with Crippen LogP contribution in [0.2, 0.25) is 0 Å². The molecule has 4 aromatic rings. The van der Waals surface area contributed by atoms with Crippen molar-refractivity contribution in [2.24, 2.45) is 0 Å². The molecule has 0 amide bonds. The predicted octanol–water partition coefficient (Wildman–Crippen LogP) is 4.95. The first-order valence-corrected chi connectivity index (χ1v) is 8.46. The highest BCUT2D eigenvalue weighted by molar-refractivity contribution is 9.10. The number of aromatic nitrogens is 2. The molecule has 4 rings (SSSR count). The lowest BCUT2D eigenvalue weighted by Gasteiger charge is -2.14. The second-order valence-corrected chi connectivity index (χ2v) is 6.49. The van der Waals surface area contributed by atoms with Gasteiger partial charge < -0.3 is 0 Å². The van der Waals surface area contributed by atoms with Gasteiger partial charge in [0.05, 0.1) is 16.6 Å². The van der Waals surface area contributed by atoms with Gasteiger partial charge >= 0.3 is 0 Å². The van der Waals surface area contributed by atoms with Crippen molar-refractivity contribution in [2.45, 2.75) is 0 Å². The lowest BCUT2D eigenvalue weighted by molar-refractivity contribution is 0.628. The second kappa shape index (κ2) is 6.26. The van der Waals surface area contributed by atoms with E-state index in [1.54, 1.807) is 28.8 Å². The van der Waals surface area contributed by atoms with Crippen molar-refractivity contribution in [3.8, 4) is 17.1 Å². The minimum Gasteiger partial charge on any atom is -0.268 e. The molecule has 0 saturated heterocycles. The standard InChI is InChI=1S/C20H12BrFN2O/c21-14-7-11-16(12-8-14)24-19(13-5-9-15(22)10-6-13)23-18-4-2-1-3-17(18)20(24)25/h1-12H. The maximum atomic E-state index is 13.3. The molecule has 3 nitrogen and oxygen atoms in total. The molecule has 25 heavy (non-hydrogen) atoms. The third-order valence-electron chi connectivity index (χ3n) is 3.96. The van der Waals surface area contributed by atoms with Gasteiger partial charge in [-0.2, -0.15) is 0 Å². The molecule has 5 heteroatoms. The van der Waals surface area contributed by atoms with Crippen LogP contribution in [0.3, 0.4) is 0 Å². The van der Waals surface area contributed by atoms with E-state index >= 15 is 0 Å². The zero-order valence-electron chi connectivity index (χ0n) is 13.0. The fourth-order valence-corrected chi connectivity index (χ4v) is 3.02. The number of rotatable bonds is 2. The van der Waals surface area contributed by atoms with Crippen LogP contribution in [0, 0.1) is 5.82 Å². The van der Waals surface area contributed by atoms with E-state index < -0.39 is 0 Å². The molecule has 0 radical (unpaired) electrons. The van der Waals surface area contributed by atoms with E-state index in [4.69, 9.17) is 0 Å². The highest BCUT2D eigenvalue weighted by Gasteiger charge is 2.14. The second-order valence-electron chi connectivity index (χ2n) is 5.58. The number of nitrogens with zero attached hydrogens (tertiary/aromatic N) is 2. The van der Waals surface area contributed by atoms with Gasteiger partial charge in [-0.1, -0.05) is 28.1 Å². The minimum atomic E-state index is -0.331. The van der Waals surface area contributed by atoms with Gasteiger partial charge in [-0.3, -0.25) is 9.36 Å². The Bertz CT molecular complexity index is 1120. The lowest BCUT2D eigenvalue weighted by atomic mass is 10.1. The number of fused-ring (bicyclic) bond motifs is 1. The molecule has 0 spiro atoms. The smallest absolute Gasteiger partial charge is 0.266 e. The first-order valence-electron chi connectivity index (χ1n) is 7.67. The molecule has 0 unspecified atom stereocenters. The van der Waals surface area contributed by atoms with Crippen molar-refractivity contribution in [3.05, 3.63) is 93.4 Å². The van der Waals surface area contributed by atoms with E-state index in [0.717, 1.165) is 4.47 Å². The maximum Gasteiger partial charge on any atom is 0.266 e. The first-order chi connectivity index (χ1) is 12.1. The normalized spacial score (nSPS) is 11.0. The molecule has 3 aromatic carbocycles. The Balaban J connectivity index is 2.09. The van der Waals surface area contributed by atoms with Crippen LogP contribution in [0.15, 0.2) is 82.1 Å². The van der Waals surface area contributed by atoms with E-state index in [9.17, 15) is 9.18 Å². The van der Waals surface area contributed by atoms with Crippen LogP contribution in [0.1, 0.15) is 0 Å². The topological polar surface area (TPSA) is 34.9 Å². The Labute approximate surface area is 151 Å². The quantitative estimate of drug-likeness (QED) is 0.481. The van der Waals surface area contributed by atoms with Crippen molar-refractivity contribution in [1.82, 2.24) is 9.55 Å². The Morgan fingerprint density at radius 3 is 2.28 bits per heavy atom. The van der Waals surface area contributed by atoms with Gasteiger partial charge in [-0.15, -0.1) is 0 Å². The van der Waals surface area contributed by atoms with Gasteiger partial charge in [0.1, 0.15) is 11.6 Å². The summed E-state index contributed by atoms with van der Waals surface area (Å²) in [5, 5.41) is 0.538. The van der Waals surface area contributed by atoms with Gasteiger partial charge in [0.2, 0.25) is 0 Å². The summed E-state index contributed by atoms with van der Waals surface area (Å²) < 4.78 is 15.8. The van der Waals surface area contributed by atoms with Crippen LogP contribution >= 0.6 is 15.9 Å². The summed E-state index contributed by atoms with van der Waals surface area (Å²) in [6, 6.07) is 20.6. The van der Waals surface area contributed by atoms with Crippen LogP contribution < -0.4 is 5.56 Å². The molecular weight excluding hydrogens is 383 g/mol. The molecule has 0 N–H and O–H groups in total. The van der Waals surface area contributed by atoms with Gasteiger partial charge in [0.15, 0.2) is 0 Å². The van der Waals surface area contributed by atoms with Gasteiger partial charge in [-0.05, 0) is 60.7 Å². The average molecular weight is 395 g/mol. The number of benzene rings is 3. The molecule has 1 aromatic heterocycles. The Kier molecular flexibility index (Phi) is 3.93. The number of para-hydroxylation sites is 1. The van der Waals surface area contributed by atoms with Crippen LogP contribution in [0.5, 0.6) is 0 Å². The molecule has 0 atom stereocenters. The fourth-order valence-electron chi connectivity index (χ4n) is 2.76. The van der Waals surface area contributed by atoms with Gasteiger partial charge in [0, 0.05) is 10.0 Å². The summed E-state index contributed by atoms with van der Waals surface area (Å²) in [7, 11) is 0. The van der Waals surface area contributed by atoms with Crippen molar-refractivity contribution in [2.75, 3.05) is 0 Å². The zero-order chi connectivity index (χ0) is 17.4. The molecule has 0 saturated carbocycles. The van der Waals surface area contributed by atoms with E-state index in [1.807, 2.05) is 36.4 Å². The van der Waals surface area contributed by atoms with Crippen molar-refractivity contribution >= 4 is 26.8 Å². The molecule has 122 valence electrons. The Morgan fingerprint density at radius 1 is 0.880 bits per heavy atom. The molecule has 0 aliphatic carbocycles. The van der Waals surface area contributed by atoms with E-state index in [1.165, 1.54) is 12.1 Å². The fraction of sp³-hybridized carbons (Fsp3) is 0. The molecule has 0 aliphatic rings. The summed E-state index contributed by atoms with van der Waals surface area (Å²) >= 11 is 3.40. The maximum absolute atomic E-state index is 13.3. The van der Waals surface area contributed by atoms with Crippen molar-refractivity contribution < 1.29 is 4.39 Å². The van der Waals surface area contributed by atoms with Crippen molar-refractivity contribution in [1.29, 1.82) is 0 Å². The molecule has 0 aliphatic heterocycles. The van der Waals surface area contributed by atoms with E-state index in [0.29, 0.717) is 28.0 Å². The van der Waals surface area contributed by atoms with Gasteiger partial charge in [0.25, 0.3) is 5.56 Å². The van der Waals surface area contributed by atoms with Crippen LogP contribution in [0.4, 0.5) is 4.39 Å². The lowest BCUT2D eigenvalue weighted by Crippen LogP contribution is -2.21.